The second kappa shape index (κ2) is 5.68. The summed E-state index contributed by atoms with van der Waals surface area (Å²) < 4.78 is 11.4. The van der Waals surface area contributed by atoms with Crippen LogP contribution in [-0.4, -0.2) is 30.6 Å². The van der Waals surface area contributed by atoms with Crippen molar-refractivity contribution in [2.75, 3.05) is 13.2 Å². The van der Waals surface area contributed by atoms with Crippen LogP contribution in [0.1, 0.15) is 54.4 Å². The van der Waals surface area contributed by atoms with Gasteiger partial charge in [-0.15, -0.1) is 0 Å². The molecule has 0 atom stereocenters. The quantitative estimate of drug-likeness (QED) is 0.805. The van der Waals surface area contributed by atoms with Crippen molar-refractivity contribution in [3.05, 3.63) is 0 Å². The summed E-state index contributed by atoms with van der Waals surface area (Å²) in [4.78, 5) is 0. The zero-order chi connectivity index (χ0) is 13.1. The summed E-state index contributed by atoms with van der Waals surface area (Å²) in [7, 11) is 0. The van der Waals surface area contributed by atoms with Gasteiger partial charge in [0.25, 0.3) is 0 Å². The topological polar surface area (TPSA) is 30.5 Å². The molecule has 0 aromatic heterocycles. The summed E-state index contributed by atoms with van der Waals surface area (Å²) >= 11 is 0. The molecule has 17 heavy (non-hydrogen) atoms. The molecule has 0 aromatic carbocycles. The number of nitrogens with one attached hydrogen (secondary N) is 1. The van der Waals surface area contributed by atoms with E-state index in [2.05, 4.69) is 46.9 Å². The van der Waals surface area contributed by atoms with Crippen LogP contribution in [-0.2, 0) is 9.47 Å². The smallest absolute Gasteiger partial charge is 0.159 e. The summed E-state index contributed by atoms with van der Waals surface area (Å²) in [5.41, 5.74) is 0.191. The Balaban J connectivity index is 2.43. The van der Waals surface area contributed by atoms with Gasteiger partial charge in [0.1, 0.15) is 0 Å². The maximum absolute atomic E-state index is 5.71. The largest absolute Gasteiger partial charge is 0.352 e. The molecule has 3 heteroatoms. The van der Waals surface area contributed by atoms with Crippen molar-refractivity contribution in [3.63, 3.8) is 0 Å². The van der Waals surface area contributed by atoms with Crippen molar-refractivity contribution >= 4 is 0 Å². The van der Waals surface area contributed by atoms with Crippen LogP contribution in [0.2, 0.25) is 0 Å². The molecule has 0 amide bonds. The highest BCUT2D eigenvalue weighted by Crippen LogP contribution is 2.23. The van der Waals surface area contributed by atoms with E-state index in [1.54, 1.807) is 0 Å². The lowest BCUT2D eigenvalue weighted by Gasteiger charge is -2.39. The van der Waals surface area contributed by atoms with E-state index in [-0.39, 0.29) is 17.4 Å². The molecule has 0 saturated carbocycles. The molecule has 0 radical (unpaired) electrons. The number of hydrogen-bond acceptors (Lipinski definition) is 3. The van der Waals surface area contributed by atoms with Gasteiger partial charge in [0.2, 0.25) is 0 Å². The third kappa shape index (κ3) is 5.36. The van der Waals surface area contributed by atoms with Crippen LogP contribution < -0.4 is 5.32 Å². The second-order valence-electron chi connectivity index (χ2n) is 6.65. The maximum Gasteiger partial charge on any atom is 0.159 e. The van der Waals surface area contributed by atoms with Gasteiger partial charge >= 0.3 is 0 Å². The fourth-order valence-corrected chi connectivity index (χ4v) is 2.23. The summed E-state index contributed by atoms with van der Waals surface area (Å²) in [6, 6.07) is 0. The van der Waals surface area contributed by atoms with Gasteiger partial charge in [0.15, 0.2) is 6.29 Å². The lowest BCUT2D eigenvalue weighted by molar-refractivity contribution is -0.206. The molecule has 102 valence electrons. The lowest BCUT2D eigenvalue weighted by Crippen LogP contribution is -2.53. The molecule has 1 fully saturated rings. The van der Waals surface area contributed by atoms with Gasteiger partial charge in [-0.1, -0.05) is 13.8 Å². The van der Waals surface area contributed by atoms with Crippen molar-refractivity contribution in [3.8, 4) is 0 Å². The van der Waals surface area contributed by atoms with E-state index < -0.39 is 0 Å². The van der Waals surface area contributed by atoms with E-state index in [0.29, 0.717) is 5.92 Å². The zero-order valence-electron chi connectivity index (χ0n) is 12.3. The highest BCUT2D eigenvalue weighted by Gasteiger charge is 2.31. The average Bonchev–Trinajstić information content (AvgIpc) is 2.20. The maximum atomic E-state index is 5.71. The lowest BCUT2D eigenvalue weighted by atomic mass is 9.92. The first-order valence-corrected chi connectivity index (χ1v) is 6.77. The standard InChI is InChI=1S/C14H29NO2/c1-7-13(3,4)15-14(5,6)8-12-16-9-11(2)10-17-12/h11-12,15H,7-10H2,1-6H3. The summed E-state index contributed by atoms with van der Waals surface area (Å²) in [6.07, 6.45) is 1.95. The Hall–Kier alpha value is -0.120. The minimum atomic E-state index is -0.0543. The van der Waals surface area contributed by atoms with Crippen LogP contribution in [0.15, 0.2) is 0 Å². The summed E-state index contributed by atoms with van der Waals surface area (Å²) in [5.74, 6) is 0.523. The molecule has 1 rings (SSSR count). The molecule has 1 heterocycles. The van der Waals surface area contributed by atoms with Gasteiger partial charge in [0.05, 0.1) is 13.2 Å². The normalized spacial score (nSPS) is 27.2. The Kier molecular flexibility index (Phi) is 4.99. The van der Waals surface area contributed by atoms with Crippen molar-refractivity contribution in [2.24, 2.45) is 5.92 Å². The highest BCUT2D eigenvalue weighted by atomic mass is 16.7. The van der Waals surface area contributed by atoms with Gasteiger partial charge in [-0.25, -0.2) is 0 Å². The fraction of sp³-hybridized carbons (Fsp3) is 1.00. The van der Waals surface area contributed by atoms with E-state index in [4.69, 9.17) is 9.47 Å². The van der Waals surface area contributed by atoms with Gasteiger partial charge in [-0.3, -0.25) is 0 Å². The minimum Gasteiger partial charge on any atom is -0.352 e. The average molecular weight is 243 g/mol. The minimum absolute atomic E-state index is 0.0325. The first-order chi connectivity index (χ1) is 7.74. The predicted molar refractivity (Wildman–Crippen MR) is 71.1 cm³/mol. The van der Waals surface area contributed by atoms with Gasteiger partial charge in [0, 0.05) is 23.4 Å². The summed E-state index contributed by atoms with van der Waals surface area (Å²) in [5, 5.41) is 3.68. The van der Waals surface area contributed by atoms with Crippen LogP contribution in [0, 0.1) is 5.92 Å². The van der Waals surface area contributed by atoms with E-state index in [0.717, 1.165) is 26.1 Å². The molecular weight excluding hydrogens is 214 g/mol. The predicted octanol–water partition coefficient (Wildman–Crippen LogP) is 2.94. The SMILES string of the molecule is CCC(C)(C)NC(C)(C)CC1OCC(C)CO1. The fourth-order valence-electron chi connectivity index (χ4n) is 2.23. The number of ether oxygens (including phenoxy) is 2. The van der Waals surface area contributed by atoms with Crippen molar-refractivity contribution < 1.29 is 9.47 Å². The van der Waals surface area contributed by atoms with Gasteiger partial charge in [-0.2, -0.15) is 0 Å². The zero-order valence-corrected chi connectivity index (χ0v) is 12.3. The monoisotopic (exact) mass is 243 g/mol. The van der Waals surface area contributed by atoms with Crippen LogP contribution >= 0.6 is 0 Å². The molecule has 1 saturated heterocycles. The van der Waals surface area contributed by atoms with Gasteiger partial charge < -0.3 is 14.8 Å². The first kappa shape index (κ1) is 14.9. The van der Waals surface area contributed by atoms with E-state index in [1.165, 1.54) is 0 Å². The van der Waals surface area contributed by atoms with E-state index >= 15 is 0 Å². The van der Waals surface area contributed by atoms with E-state index in [1.807, 2.05) is 0 Å². The Morgan fingerprint density at radius 1 is 1.06 bits per heavy atom. The Morgan fingerprint density at radius 2 is 1.59 bits per heavy atom. The Morgan fingerprint density at radius 3 is 2.06 bits per heavy atom. The molecule has 0 bridgehead atoms. The van der Waals surface area contributed by atoms with Crippen molar-refractivity contribution in [2.45, 2.75) is 71.8 Å². The second-order valence-corrected chi connectivity index (χ2v) is 6.65. The van der Waals surface area contributed by atoms with Crippen molar-refractivity contribution in [1.82, 2.24) is 5.32 Å². The van der Waals surface area contributed by atoms with Crippen molar-refractivity contribution in [1.29, 1.82) is 0 Å². The summed E-state index contributed by atoms with van der Waals surface area (Å²) in [6.45, 7) is 14.9. The number of rotatable bonds is 5. The molecule has 3 nitrogen and oxygen atoms in total. The molecule has 1 N–H and O–H groups in total. The van der Waals surface area contributed by atoms with E-state index in [9.17, 15) is 0 Å². The highest BCUT2D eigenvalue weighted by molar-refractivity contribution is 4.88. The molecule has 0 aromatic rings. The first-order valence-electron chi connectivity index (χ1n) is 6.77. The van der Waals surface area contributed by atoms with Crippen LogP contribution in [0.5, 0.6) is 0 Å². The molecular formula is C14H29NO2. The number of hydrogen-bond donors (Lipinski definition) is 1. The van der Waals surface area contributed by atoms with Crippen LogP contribution in [0.4, 0.5) is 0 Å². The third-order valence-corrected chi connectivity index (χ3v) is 3.37. The molecule has 1 aliphatic heterocycles. The Labute approximate surface area is 106 Å². The molecule has 0 unspecified atom stereocenters. The molecule has 0 aliphatic carbocycles. The van der Waals surface area contributed by atoms with Crippen LogP contribution in [0.3, 0.4) is 0 Å². The molecule has 0 spiro atoms. The van der Waals surface area contributed by atoms with Crippen LogP contribution in [0.25, 0.3) is 0 Å². The Bertz CT molecular complexity index is 230. The molecule has 1 aliphatic rings. The third-order valence-electron chi connectivity index (χ3n) is 3.37. The van der Waals surface area contributed by atoms with Gasteiger partial charge in [-0.05, 0) is 34.1 Å².